The van der Waals surface area contributed by atoms with Gasteiger partial charge in [0.1, 0.15) is 5.69 Å². The highest BCUT2D eigenvalue weighted by atomic mass is 19.4. The lowest BCUT2D eigenvalue weighted by Crippen LogP contribution is -2.56. The minimum absolute atomic E-state index is 0.124. The predicted molar refractivity (Wildman–Crippen MR) is 108 cm³/mol. The zero-order valence-corrected chi connectivity index (χ0v) is 17.6. The summed E-state index contributed by atoms with van der Waals surface area (Å²) in [6.07, 6.45) is -3.27. The van der Waals surface area contributed by atoms with Crippen LogP contribution in [0.2, 0.25) is 0 Å². The monoisotopic (exact) mass is 437 g/mol. The van der Waals surface area contributed by atoms with Crippen molar-refractivity contribution in [2.45, 2.75) is 38.0 Å². The molecule has 1 saturated heterocycles. The van der Waals surface area contributed by atoms with E-state index >= 15 is 0 Å². The van der Waals surface area contributed by atoms with Crippen LogP contribution in [0.25, 0.3) is 0 Å². The lowest BCUT2D eigenvalue weighted by atomic mass is 9.83. The Kier molecular flexibility index (Phi) is 5.63. The summed E-state index contributed by atoms with van der Waals surface area (Å²) < 4.78 is 52.3. The number of benzene rings is 1. The van der Waals surface area contributed by atoms with Crippen molar-refractivity contribution in [3.05, 3.63) is 47.3 Å². The van der Waals surface area contributed by atoms with Gasteiger partial charge in [0.05, 0.1) is 19.3 Å². The fourth-order valence-electron chi connectivity index (χ4n) is 4.66. The number of halogens is 3. The Morgan fingerprint density at radius 1 is 1.13 bits per heavy atom. The maximum atomic E-state index is 13.3. The molecule has 1 fully saturated rings. The summed E-state index contributed by atoms with van der Waals surface area (Å²) in [5.41, 5.74) is -0.00101. The van der Waals surface area contributed by atoms with E-state index in [1.165, 1.54) is 4.57 Å². The summed E-state index contributed by atoms with van der Waals surface area (Å²) in [4.78, 5) is 14.8. The van der Waals surface area contributed by atoms with Gasteiger partial charge >= 0.3 is 6.18 Å². The minimum atomic E-state index is -4.37. The molecule has 1 spiro atoms. The Balaban J connectivity index is 1.52. The molecular weight excluding hydrogens is 411 g/mol. The van der Waals surface area contributed by atoms with E-state index in [-0.39, 0.29) is 12.5 Å². The molecule has 1 N–H and O–H groups in total. The van der Waals surface area contributed by atoms with Crippen LogP contribution in [0.5, 0.6) is 11.5 Å². The van der Waals surface area contributed by atoms with Gasteiger partial charge in [-0.1, -0.05) is 0 Å². The number of alkyl halides is 3. The number of hydrogen-bond donors (Lipinski definition) is 1. The van der Waals surface area contributed by atoms with E-state index in [0.717, 1.165) is 6.07 Å². The molecule has 0 unspecified atom stereocenters. The Morgan fingerprint density at radius 2 is 1.87 bits per heavy atom. The van der Waals surface area contributed by atoms with Crippen molar-refractivity contribution in [1.29, 1.82) is 0 Å². The van der Waals surface area contributed by atoms with E-state index in [2.05, 4.69) is 5.32 Å². The summed E-state index contributed by atoms with van der Waals surface area (Å²) in [6.45, 7) is 3.96. The van der Waals surface area contributed by atoms with E-state index in [0.29, 0.717) is 61.8 Å². The van der Waals surface area contributed by atoms with Gasteiger partial charge in [0.15, 0.2) is 11.5 Å². The summed E-state index contributed by atoms with van der Waals surface area (Å²) in [5, 5.41) is 3.43. The SMILES string of the molecule is CCOc1cc(C(=O)N2CCC3(CC2)NCCn2c(C(F)(F)F)ccc23)ccc1OC. The molecule has 4 rings (SSSR count). The smallest absolute Gasteiger partial charge is 0.431 e. The molecule has 0 bridgehead atoms. The number of ether oxygens (including phenoxy) is 2. The Labute approximate surface area is 178 Å². The summed E-state index contributed by atoms with van der Waals surface area (Å²) in [6, 6.07) is 7.82. The van der Waals surface area contributed by atoms with E-state index in [1.807, 2.05) is 6.92 Å². The van der Waals surface area contributed by atoms with Crippen LogP contribution in [0.3, 0.4) is 0 Å². The molecule has 1 amide bonds. The number of likely N-dealkylation sites (tertiary alicyclic amines) is 1. The number of rotatable bonds is 4. The number of piperidine rings is 1. The molecule has 0 atom stereocenters. The first-order valence-corrected chi connectivity index (χ1v) is 10.4. The lowest BCUT2D eigenvalue weighted by Gasteiger charge is -2.45. The normalized spacial score (nSPS) is 18.0. The van der Waals surface area contributed by atoms with Crippen LogP contribution < -0.4 is 14.8 Å². The van der Waals surface area contributed by atoms with Crippen molar-refractivity contribution >= 4 is 5.91 Å². The molecule has 0 saturated carbocycles. The van der Waals surface area contributed by atoms with Crippen LogP contribution in [0, 0.1) is 0 Å². The van der Waals surface area contributed by atoms with Gasteiger partial charge in [-0.25, -0.2) is 0 Å². The molecule has 2 aromatic rings. The topological polar surface area (TPSA) is 55.7 Å². The Hall–Kier alpha value is -2.68. The molecule has 6 nitrogen and oxygen atoms in total. The van der Waals surface area contributed by atoms with Crippen molar-refractivity contribution in [2.24, 2.45) is 0 Å². The summed E-state index contributed by atoms with van der Waals surface area (Å²) >= 11 is 0. The van der Waals surface area contributed by atoms with Crippen LogP contribution >= 0.6 is 0 Å². The predicted octanol–water partition coefficient (Wildman–Crippen LogP) is 3.65. The molecule has 1 aromatic carbocycles. The van der Waals surface area contributed by atoms with Crippen LogP contribution in [-0.2, 0) is 18.3 Å². The highest BCUT2D eigenvalue weighted by Gasteiger charge is 2.44. The zero-order chi connectivity index (χ0) is 22.2. The number of fused-ring (bicyclic) bond motifs is 2. The average Bonchev–Trinajstić information content (AvgIpc) is 3.20. The fraction of sp³-hybridized carbons (Fsp3) is 0.500. The van der Waals surface area contributed by atoms with E-state index < -0.39 is 17.4 Å². The van der Waals surface area contributed by atoms with Crippen LogP contribution in [-0.4, -0.2) is 48.7 Å². The first kappa shape index (κ1) is 21.5. The average molecular weight is 437 g/mol. The highest BCUT2D eigenvalue weighted by Crippen LogP contribution is 2.40. The Bertz CT molecular complexity index is 963. The number of nitrogens with one attached hydrogen (secondary N) is 1. The molecule has 168 valence electrons. The Morgan fingerprint density at radius 3 is 2.52 bits per heavy atom. The third-order valence-electron chi connectivity index (χ3n) is 6.17. The van der Waals surface area contributed by atoms with Gasteiger partial charge in [-0.05, 0) is 50.1 Å². The van der Waals surface area contributed by atoms with E-state index in [9.17, 15) is 18.0 Å². The van der Waals surface area contributed by atoms with Crippen molar-refractivity contribution in [3.8, 4) is 11.5 Å². The lowest BCUT2D eigenvalue weighted by molar-refractivity contribution is -0.144. The van der Waals surface area contributed by atoms with Crippen LogP contribution in [0.1, 0.15) is 41.5 Å². The minimum Gasteiger partial charge on any atom is -0.493 e. The second kappa shape index (κ2) is 8.11. The van der Waals surface area contributed by atoms with Crippen molar-refractivity contribution in [1.82, 2.24) is 14.8 Å². The second-order valence-corrected chi connectivity index (χ2v) is 7.85. The largest absolute Gasteiger partial charge is 0.493 e. The molecule has 0 radical (unpaired) electrons. The fourth-order valence-corrected chi connectivity index (χ4v) is 4.66. The van der Waals surface area contributed by atoms with Gasteiger partial charge in [0, 0.05) is 37.4 Å². The molecular formula is C22H26F3N3O3. The zero-order valence-electron chi connectivity index (χ0n) is 17.6. The summed E-state index contributed by atoms with van der Waals surface area (Å²) in [5.74, 6) is 0.944. The van der Waals surface area contributed by atoms with Crippen molar-refractivity contribution < 1.29 is 27.4 Å². The molecule has 3 heterocycles. The number of amides is 1. The van der Waals surface area contributed by atoms with Gasteiger partial charge in [-0.3, -0.25) is 4.79 Å². The van der Waals surface area contributed by atoms with Crippen molar-refractivity contribution in [3.63, 3.8) is 0 Å². The van der Waals surface area contributed by atoms with Gasteiger partial charge in [-0.15, -0.1) is 0 Å². The third-order valence-corrected chi connectivity index (χ3v) is 6.17. The quantitative estimate of drug-likeness (QED) is 0.794. The maximum Gasteiger partial charge on any atom is 0.431 e. The van der Waals surface area contributed by atoms with Gasteiger partial charge in [0.25, 0.3) is 5.91 Å². The van der Waals surface area contributed by atoms with Crippen molar-refractivity contribution in [2.75, 3.05) is 33.4 Å². The molecule has 0 aliphatic carbocycles. The summed E-state index contributed by atoms with van der Waals surface area (Å²) in [7, 11) is 1.54. The number of aromatic nitrogens is 1. The number of carbonyl (C=O) groups excluding carboxylic acids is 1. The first-order chi connectivity index (χ1) is 14.8. The van der Waals surface area contributed by atoms with Crippen LogP contribution in [0.4, 0.5) is 13.2 Å². The standard InChI is InChI=1S/C22H26F3N3O3/c1-3-31-17-14-15(4-5-16(17)30-2)20(29)27-11-8-21(9-12-27)18-6-7-19(22(23,24)25)28(18)13-10-26-21/h4-7,14,26H,3,8-13H2,1-2H3. The van der Waals surface area contributed by atoms with Gasteiger partial charge in [0.2, 0.25) is 0 Å². The third kappa shape index (κ3) is 3.86. The van der Waals surface area contributed by atoms with Gasteiger partial charge < -0.3 is 24.3 Å². The van der Waals surface area contributed by atoms with E-state index in [4.69, 9.17) is 9.47 Å². The number of nitrogens with zero attached hydrogens (tertiary/aromatic N) is 2. The maximum absolute atomic E-state index is 13.3. The first-order valence-electron chi connectivity index (χ1n) is 10.4. The molecule has 1 aromatic heterocycles. The number of methoxy groups -OCH3 is 1. The van der Waals surface area contributed by atoms with E-state index in [1.54, 1.807) is 36.3 Å². The highest BCUT2D eigenvalue weighted by molar-refractivity contribution is 5.95. The second-order valence-electron chi connectivity index (χ2n) is 7.85. The number of carbonyl (C=O) groups is 1. The molecule has 31 heavy (non-hydrogen) atoms. The van der Waals surface area contributed by atoms with Gasteiger partial charge in [-0.2, -0.15) is 13.2 Å². The molecule has 2 aliphatic rings. The number of hydrogen-bond acceptors (Lipinski definition) is 4. The molecule has 9 heteroatoms. The molecule has 2 aliphatic heterocycles. The van der Waals surface area contributed by atoms with Crippen LogP contribution in [0.15, 0.2) is 30.3 Å².